The molecule has 4 aromatic rings. The Balaban J connectivity index is 1.54. The minimum atomic E-state index is -3.94. The van der Waals surface area contributed by atoms with E-state index in [-0.39, 0.29) is 10.5 Å². The quantitative estimate of drug-likeness (QED) is 0.181. The molecule has 7 heteroatoms. The van der Waals surface area contributed by atoms with Crippen LogP contribution in [0.5, 0.6) is 11.5 Å². The second kappa shape index (κ2) is 11.2. The summed E-state index contributed by atoms with van der Waals surface area (Å²) in [4.78, 5) is 13.1. The fourth-order valence-corrected chi connectivity index (χ4v) is 5.08. The van der Waals surface area contributed by atoms with Crippen molar-refractivity contribution in [2.24, 2.45) is 0 Å². The Kier molecular flexibility index (Phi) is 7.83. The molecule has 0 aromatic heterocycles. The molecular weight excluding hydrogens is 474 g/mol. The number of esters is 1. The summed E-state index contributed by atoms with van der Waals surface area (Å²) in [7, 11) is -2.44. The third-order valence-corrected chi connectivity index (χ3v) is 7.33. The molecule has 0 aliphatic heterocycles. The van der Waals surface area contributed by atoms with Crippen molar-refractivity contribution >= 4 is 26.8 Å². The van der Waals surface area contributed by atoms with E-state index in [1.165, 1.54) is 19.2 Å². The Morgan fingerprint density at radius 2 is 1.50 bits per heavy atom. The van der Waals surface area contributed by atoms with Crippen LogP contribution in [0.25, 0.3) is 10.8 Å². The lowest BCUT2D eigenvalue weighted by Crippen LogP contribution is -2.39. The predicted molar refractivity (Wildman–Crippen MR) is 141 cm³/mol. The Morgan fingerprint density at radius 3 is 2.19 bits per heavy atom. The fourth-order valence-electron chi connectivity index (χ4n) is 3.82. The van der Waals surface area contributed by atoms with Gasteiger partial charge in [-0.2, -0.15) is 0 Å². The molecule has 0 saturated carbocycles. The average Bonchev–Trinajstić information content (AvgIpc) is 2.91. The molecule has 4 aromatic carbocycles. The molecule has 36 heavy (non-hydrogen) atoms. The van der Waals surface area contributed by atoms with Crippen LogP contribution in [0.4, 0.5) is 0 Å². The van der Waals surface area contributed by atoms with Gasteiger partial charge in [0.25, 0.3) is 0 Å². The Hall–Kier alpha value is -3.94. The molecule has 184 valence electrons. The van der Waals surface area contributed by atoms with Crippen molar-refractivity contribution in [2.45, 2.75) is 23.8 Å². The maximum Gasteiger partial charge on any atom is 0.340 e. The SMILES string of the molecule is C=C(C(=O)Oc1ccc2ccccc2c1)[C@H](CCc1ccccc1)NS(=O)(=O)c1ccc(OC)cc1. The van der Waals surface area contributed by atoms with E-state index < -0.39 is 22.0 Å². The topological polar surface area (TPSA) is 81.7 Å². The van der Waals surface area contributed by atoms with Crippen LogP contribution in [0.15, 0.2) is 114 Å². The number of fused-ring (bicyclic) bond motifs is 1. The number of benzene rings is 4. The first kappa shape index (κ1) is 25.2. The van der Waals surface area contributed by atoms with Gasteiger partial charge in [0.15, 0.2) is 0 Å². The van der Waals surface area contributed by atoms with Gasteiger partial charge in [0, 0.05) is 5.57 Å². The number of rotatable bonds is 10. The molecule has 0 bridgehead atoms. The maximum atomic E-state index is 13.1. The molecule has 0 fully saturated rings. The normalized spacial score (nSPS) is 12.1. The van der Waals surface area contributed by atoms with Crippen LogP contribution in [0, 0.1) is 0 Å². The van der Waals surface area contributed by atoms with E-state index in [9.17, 15) is 13.2 Å². The standard InChI is InChI=1S/C29H27NO5S/c1-21(29(31)35-26-14-13-23-10-6-7-11-24(23)20-26)28(19-12-22-8-4-3-5-9-22)30-36(32,33)27-17-15-25(34-2)16-18-27/h3-11,13-18,20,28,30H,1,12,19H2,2H3/t28-/m0/s1. The summed E-state index contributed by atoms with van der Waals surface area (Å²) in [6.07, 6.45) is 0.865. The van der Waals surface area contributed by atoms with E-state index in [0.29, 0.717) is 24.3 Å². The van der Waals surface area contributed by atoms with Crippen LogP contribution >= 0.6 is 0 Å². The van der Waals surface area contributed by atoms with E-state index in [2.05, 4.69) is 11.3 Å². The number of hydrogen-bond acceptors (Lipinski definition) is 5. The third-order valence-electron chi connectivity index (χ3n) is 5.85. The lowest BCUT2D eigenvalue weighted by molar-refractivity contribution is -0.130. The third kappa shape index (κ3) is 6.19. The average molecular weight is 502 g/mol. The number of sulfonamides is 1. The summed E-state index contributed by atoms with van der Waals surface area (Å²) in [6, 6.07) is 27.8. The van der Waals surface area contributed by atoms with Crippen molar-refractivity contribution < 1.29 is 22.7 Å². The van der Waals surface area contributed by atoms with Crippen molar-refractivity contribution in [1.82, 2.24) is 4.72 Å². The first-order valence-corrected chi connectivity index (χ1v) is 12.9. The smallest absolute Gasteiger partial charge is 0.340 e. The highest BCUT2D eigenvalue weighted by Gasteiger charge is 2.27. The molecule has 0 radical (unpaired) electrons. The van der Waals surface area contributed by atoms with Gasteiger partial charge in [-0.3, -0.25) is 0 Å². The van der Waals surface area contributed by atoms with Crippen molar-refractivity contribution in [3.8, 4) is 11.5 Å². The van der Waals surface area contributed by atoms with Crippen molar-refractivity contribution in [2.75, 3.05) is 7.11 Å². The van der Waals surface area contributed by atoms with E-state index in [1.807, 2.05) is 60.7 Å². The molecule has 0 heterocycles. The van der Waals surface area contributed by atoms with Gasteiger partial charge in [0.1, 0.15) is 11.5 Å². The van der Waals surface area contributed by atoms with Crippen LogP contribution in [0.3, 0.4) is 0 Å². The predicted octanol–water partition coefficient (Wildman–Crippen LogP) is 5.29. The maximum absolute atomic E-state index is 13.1. The first-order valence-electron chi connectivity index (χ1n) is 11.5. The van der Waals surface area contributed by atoms with Gasteiger partial charge >= 0.3 is 5.97 Å². The summed E-state index contributed by atoms with van der Waals surface area (Å²) in [5.41, 5.74) is 1.04. The molecule has 0 saturated heterocycles. The Bertz CT molecular complexity index is 1460. The molecule has 1 N–H and O–H groups in total. The highest BCUT2D eigenvalue weighted by molar-refractivity contribution is 7.89. The molecule has 0 spiro atoms. The second-order valence-electron chi connectivity index (χ2n) is 8.30. The minimum absolute atomic E-state index is 0.0242. The number of carbonyl (C=O) groups is 1. The zero-order valence-corrected chi connectivity index (χ0v) is 20.7. The molecule has 0 amide bonds. The summed E-state index contributed by atoms with van der Waals surface area (Å²) < 4.78 is 39.6. The first-order chi connectivity index (χ1) is 17.4. The minimum Gasteiger partial charge on any atom is -0.497 e. The van der Waals surface area contributed by atoms with Gasteiger partial charge in [-0.15, -0.1) is 0 Å². The summed E-state index contributed by atoms with van der Waals surface area (Å²) in [6.45, 7) is 3.91. The van der Waals surface area contributed by atoms with Crippen LogP contribution in [-0.2, 0) is 21.2 Å². The van der Waals surface area contributed by atoms with Gasteiger partial charge in [-0.1, -0.05) is 67.2 Å². The van der Waals surface area contributed by atoms with Crippen LogP contribution in [0.1, 0.15) is 12.0 Å². The molecule has 0 aliphatic rings. The van der Waals surface area contributed by atoms with Gasteiger partial charge < -0.3 is 9.47 Å². The zero-order valence-electron chi connectivity index (χ0n) is 19.9. The highest BCUT2D eigenvalue weighted by Crippen LogP contribution is 2.23. The number of aryl methyl sites for hydroxylation is 1. The van der Waals surface area contributed by atoms with E-state index in [0.717, 1.165) is 16.3 Å². The van der Waals surface area contributed by atoms with Gasteiger partial charge in [0.2, 0.25) is 10.0 Å². The van der Waals surface area contributed by atoms with Gasteiger partial charge in [-0.25, -0.2) is 17.9 Å². The number of hydrogen-bond donors (Lipinski definition) is 1. The number of carbonyl (C=O) groups excluding carboxylic acids is 1. The monoisotopic (exact) mass is 501 g/mol. The van der Waals surface area contributed by atoms with E-state index >= 15 is 0 Å². The lowest BCUT2D eigenvalue weighted by atomic mass is 10.0. The summed E-state index contributed by atoms with van der Waals surface area (Å²) >= 11 is 0. The number of ether oxygens (including phenoxy) is 2. The largest absolute Gasteiger partial charge is 0.497 e. The van der Waals surface area contributed by atoms with E-state index in [4.69, 9.17) is 9.47 Å². The highest BCUT2D eigenvalue weighted by atomic mass is 32.2. The van der Waals surface area contributed by atoms with Crippen LogP contribution < -0.4 is 14.2 Å². The van der Waals surface area contributed by atoms with Crippen LogP contribution in [-0.4, -0.2) is 27.5 Å². The molecule has 0 aliphatic carbocycles. The summed E-state index contributed by atoms with van der Waals surface area (Å²) in [5.74, 6) is 0.207. The summed E-state index contributed by atoms with van der Waals surface area (Å²) in [5, 5.41) is 1.94. The molecule has 6 nitrogen and oxygen atoms in total. The van der Waals surface area contributed by atoms with E-state index in [1.54, 1.807) is 24.3 Å². The molecule has 0 unspecified atom stereocenters. The lowest BCUT2D eigenvalue weighted by Gasteiger charge is -2.20. The molecule has 1 atom stereocenters. The van der Waals surface area contributed by atoms with Crippen molar-refractivity contribution in [1.29, 1.82) is 0 Å². The van der Waals surface area contributed by atoms with Crippen molar-refractivity contribution in [3.63, 3.8) is 0 Å². The number of nitrogens with one attached hydrogen (secondary N) is 1. The van der Waals surface area contributed by atoms with Gasteiger partial charge in [0.05, 0.1) is 18.0 Å². The zero-order chi connectivity index (χ0) is 25.5. The number of methoxy groups -OCH3 is 1. The fraction of sp³-hybridized carbons (Fsp3) is 0.138. The Labute approximate surface area is 211 Å². The van der Waals surface area contributed by atoms with Crippen LogP contribution in [0.2, 0.25) is 0 Å². The molecular formula is C29H27NO5S. The molecule has 4 rings (SSSR count). The second-order valence-corrected chi connectivity index (χ2v) is 10.0. The Morgan fingerprint density at radius 1 is 0.861 bits per heavy atom. The van der Waals surface area contributed by atoms with Crippen molar-refractivity contribution in [3.05, 3.63) is 115 Å². The van der Waals surface area contributed by atoms with Gasteiger partial charge in [-0.05, 0) is 65.6 Å².